The fourth-order valence-electron chi connectivity index (χ4n) is 3.38. The van der Waals surface area contributed by atoms with Gasteiger partial charge in [-0.25, -0.2) is 0 Å². The molecule has 0 bridgehead atoms. The van der Waals surface area contributed by atoms with Gasteiger partial charge in [-0.2, -0.15) is 0 Å². The maximum atomic E-state index is 12.8. The molecular formula is C18H23N3O5. The molecule has 1 aromatic rings. The molecule has 0 radical (unpaired) electrons. The predicted octanol–water partition coefficient (Wildman–Crippen LogP) is -0.578. The highest BCUT2D eigenvalue weighted by Crippen LogP contribution is 2.19. The van der Waals surface area contributed by atoms with Gasteiger partial charge in [-0.05, 0) is 17.7 Å². The summed E-state index contributed by atoms with van der Waals surface area (Å²) in [6.07, 6.45) is 0.421. The Labute approximate surface area is 152 Å². The van der Waals surface area contributed by atoms with Crippen LogP contribution < -0.4 is 10.1 Å². The van der Waals surface area contributed by atoms with Crippen LogP contribution in [0.15, 0.2) is 24.3 Å². The molecule has 1 N–H and O–H groups in total. The minimum atomic E-state index is -0.635. The smallest absolute Gasteiger partial charge is 0.248 e. The molecule has 2 aliphatic rings. The average molecular weight is 361 g/mol. The summed E-state index contributed by atoms with van der Waals surface area (Å²) >= 11 is 0. The Kier molecular flexibility index (Phi) is 5.41. The van der Waals surface area contributed by atoms with Crippen LogP contribution >= 0.6 is 0 Å². The number of carbonyl (C=O) groups is 3. The largest absolute Gasteiger partial charge is 0.497 e. The molecule has 3 amide bonds. The normalized spacial score (nSPS) is 22.7. The number of nitrogens with one attached hydrogen (secondary N) is 1. The van der Waals surface area contributed by atoms with Crippen LogP contribution in [-0.2, 0) is 25.5 Å². The number of nitrogens with zero attached hydrogens (tertiary/aromatic N) is 2. The van der Waals surface area contributed by atoms with Gasteiger partial charge in [0.2, 0.25) is 17.7 Å². The zero-order chi connectivity index (χ0) is 18.7. The summed E-state index contributed by atoms with van der Waals surface area (Å²) in [5.74, 6) is 0.236. The summed E-state index contributed by atoms with van der Waals surface area (Å²) in [7, 11) is 3.05. The molecule has 3 rings (SSSR count). The molecule has 2 heterocycles. The number of hydrogen-bond donors (Lipinski definition) is 1. The zero-order valence-electron chi connectivity index (χ0n) is 14.9. The summed E-state index contributed by atoms with van der Waals surface area (Å²) in [6.45, 7) is 0.940. The van der Waals surface area contributed by atoms with Gasteiger partial charge in [0.25, 0.3) is 0 Å². The molecule has 0 saturated carbocycles. The van der Waals surface area contributed by atoms with E-state index < -0.39 is 12.1 Å². The minimum Gasteiger partial charge on any atom is -0.497 e. The van der Waals surface area contributed by atoms with Crippen LogP contribution in [0.5, 0.6) is 5.75 Å². The van der Waals surface area contributed by atoms with Crippen molar-refractivity contribution < 1.29 is 23.9 Å². The molecule has 2 saturated heterocycles. The van der Waals surface area contributed by atoms with Crippen molar-refractivity contribution in [2.75, 3.05) is 40.5 Å². The summed E-state index contributed by atoms with van der Waals surface area (Å²) in [5, 5.41) is 2.80. The van der Waals surface area contributed by atoms with Gasteiger partial charge in [0.1, 0.15) is 24.4 Å². The number of rotatable bonds is 5. The van der Waals surface area contributed by atoms with Crippen molar-refractivity contribution in [2.45, 2.75) is 18.5 Å². The number of amides is 3. The summed E-state index contributed by atoms with van der Waals surface area (Å²) in [4.78, 5) is 40.4. The van der Waals surface area contributed by atoms with Crippen LogP contribution in [0.25, 0.3) is 0 Å². The van der Waals surface area contributed by atoms with E-state index in [2.05, 4.69) is 5.32 Å². The first-order chi connectivity index (χ1) is 12.5. The van der Waals surface area contributed by atoms with E-state index >= 15 is 0 Å². The van der Waals surface area contributed by atoms with Crippen LogP contribution in [0.1, 0.15) is 5.56 Å². The highest BCUT2D eigenvalue weighted by molar-refractivity contribution is 5.98. The van der Waals surface area contributed by atoms with Crippen LogP contribution in [0, 0.1) is 0 Å². The van der Waals surface area contributed by atoms with Crippen molar-refractivity contribution in [1.82, 2.24) is 15.1 Å². The van der Waals surface area contributed by atoms with E-state index in [0.29, 0.717) is 19.5 Å². The molecule has 140 valence electrons. The molecule has 1 aromatic carbocycles. The lowest BCUT2D eigenvalue weighted by Gasteiger charge is -2.45. The molecule has 2 aliphatic heterocycles. The first-order valence-corrected chi connectivity index (χ1v) is 8.54. The highest BCUT2D eigenvalue weighted by Gasteiger charge is 2.44. The molecule has 2 fully saturated rings. The second-order valence-electron chi connectivity index (χ2n) is 6.43. The van der Waals surface area contributed by atoms with E-state index in [0.717, 1.165) is 11.3 Å². The monoisotopic (exact) mass is 361 g/mol. The van der Waals surface area contributed by atoms with Gasteiger partial charge < -0.3 is 24.6 Å². The van der Waals surface area contributed by atoms with E-state index in [1.807, 2.05) is 24.3 Å². The fourth-order valence-corrected chi connectivity index (χ4v) is 3.38. The molecule has 8 heteroatoms. The van der Waals surface area contributed by atoms with Crippen LogP contribution in [0.3, 0.4) is 0 Å². The van der Waals surface area contributed by atoms with Gasteiger partial charge in [-0.15, -0.1) is 0 Å². The molecule has 0 spiro atoms. The molecule has 2 atom stereocenters. The third-order valence-corrected chi connectivity index (χ3v) is 4.80. The van der Waals surface area contributed by atoms with E-state index in [9.17, 15) is 14.4 Å². The number of benzene rings is 1. The quantitative estimate of drug-likeness (QED) is 0.758. The fraction of sp³-hybridized carbons (Fsp3) is 0.500. The first-order valence-electron chi connectivity index (χ1n) is 8.54. The number of ether oxygens (including phenoxy) is 2. The van der Waals surface area contributed by atoms with Crippen LogP contribution in [0.2, 0.25) is 0 Å². The lowest BCUT2D eigenvalue weighted by molar-refractivity contribution is -0.156. The highest BCUT2D eigenvalue weighted by atomic mass is 16.5. The van der Waals surface area contributed by atoms with E-state index in [1.54, 1.807) is 16.9 Å². The van der Waals surface area contributed by atoms with Gasteiger partial charge in [0, 0.05) is 26.6 Å². The van der Waals surface area contributed by atoms with E-state index in [1.165, 1.54) is 7.11 Å². The number of hydrogen-bond acceptors (Lipinski definition) is 5. The van der Waals surface area contributed by atoms with E-state index in [4.69, 9.17) is 9.47 Å². The van der Waals surface area contributed by atoms with Gasteiger partial charge in [0.15, 0.2) is 0 Å². The summed E-state index contributed by atoms with van der Waals surface area (Å²) in [6, 6.07) is 6.19. The Morgan fingerprint density at radius 3 is 2.58 bits per heavy atom. The average Bonchev–Trinajstić information content (AvgIpc) is 2.66. The van der Waals surface area contributed by atoms with Gasteiger partial charge in [-0.3, -0.25) is 14.4 Å². The van der Waals surface area contributed by atoms with Crippen molar-refractivity contribution >= 4 is 17.7 Å². The van der Waals surface area contributed by atoms with Gasteiger partial charge >= 0.3 is 0 Å². The maximum Gasteiger partial charge on any atom is 0.248 e. The number of carbonyl (C=O) groups excluding carboxylic acids is 3. The van der Waals surface area contributed by atoms with Crippen molar-refractivity contribution in [1.29, 1.82) is 0 Å². The first kappa shape index (κ1) is 18.2. The standard InChI is InChI=1S/C18H23N3O5/c1-25-11-16(22)20-7-8-21-15(10-20)17(23)19-14(18(21)24)9-12-3-5-13(26-2)6-4-12/h3-6,14-15H,7-11H2,1-2H3,(H,19,23)/t14-,15-/m0/s1. The Bertz CT molecular complexity index is 691. The lowest BCUT2D eigenvalue weighted by Crippen LogP contribution is -2.70. The molecule has 0 aliphatic carbocycles. The van der Waals surface area contributed by atoms with E-state index in [-0.39, 0.29) is 30.9 Å². The topological polar surface area (TPSA) is 88.2 Å². The molecule has 26 heavy (non-hydrogen) atoms. The second-order valence-corrected chi connectivity index (χ2v) is 6.43. The molecule has 0 aromatic heterocycles. The number of piperazine rings is 2. The summed E-state index contributed by atoms with van der Waals surface area (Å²) < 4.78 is 9.99. The number of methoxy groups -OCH3 is 2. The van der Waals surface area contributed by atoms with Crippen LogP contribution in [0.4, 0.5) is 0 Å². The second kappa shape index (κ2) is 7.74. The Hall–Kier alpha value is -2.61. The SMILES string of the molecule is COCC(=O)N1CCN2C(=O)[C@H](Cc3ccc(OC)cc3)NC(=O)[C@@H]2C1. The number of fused-ring (bicyclic) bond motifs is 1. The maximum absolute atomic E-state index is 12.8. The third kappa shape index (κ3) is 3.65. The Morgan fingerprint density at radius 2 is 1.92 bits per heavy atom. The van der Waals surface area contributed by atoms with Crippen molar-refractivity contribution in [2.24, 2.45) is 0 Å². The minimum absolute atomic E-state index is 0.0254. The van der Waals surface area contributed by atoms with Gasteiger partial charge in [-0.1, -0.05) is 12.1 Å². The van der Waals surface area contributed by atoms with Gasteiger partial charge in [0.05, 0.1) is 13.7 Å². The van der Waals surface area contributed by atoms with Crippen LogP contribution in [-0.4, -0.2) is 80.1 Å². The summed E-state index contributed by atoms with van der Waals surface area (Å²) in [5.41, 5.74) is 0.941. The van der Waals surface area contributed by atoms with Crippen molar-refractivity contribution in [3.63, 3.8) is 0 Å². The van der Waals surface area contributed by atoms with Crippen molar-refractivity contribution in [3.8, 4) is 5.75 Å². The third-order valence-electron chi connectivity index (χ3n) is 4.80. The molecule has 0 unspecified atom stereocenters. The molecular weight excluding hydrogens is 338 g/mol. The molecule has 8 nitrogen and oxygen atoms in total. The Morgan fingerprint density at radius 1 is 1.19 bits per heavy atom. The zero-order valence-corrected chi connectivity index (χ0v) is 14.9. The van der Waals surface area contributed by atoms with Crippen molar-refractivity contribution in [3.05, 3.63) is 29.8 Å². The predicted molar refractivity (Wildman–Crippen MR) is 92.6 cm³/mol. The lowest BCUT2D eigenvalue weighted by atomic mass is 9.98. The Balaban J connectivity index is 1.66.